The zero-order valence-corrected chi connectivity index (χ0v) is 15.2. The summed E-state index contributed by atoms with van der Waals surface area (Å²) in [6.45, 7) is 1.88. The largest absolute Gasteiger partial charge is 0.352 e. The van der Waals surface area contributed by atoms with E-state index in [1.54, 1.807) is 21.9 Å². The van der Waals surface area contributed by atoms with Crippen LogP contribution in [0.25, 0.3) is 0 Å². The number of nitrogens with zero attached hydrogens (tertiary/aromatic N) is 2. The molecule has 1 aliphatic carbocycles. The topological polar surface area (TPSA) is 69.7 Å². The average Bonchev–Trinajstić information content (AvgIpc) is 2.95. The third kappa shape index (κ3) is 2.68. The molecule has 2 fully saturated rings. The third-order valence-corrected chi connectivity index (χ3v) is 6.02. The van der Waals surface area contributed by atoms with Gasteiger partial charge in [-0.05, 0) is 38.3 Å². The summed E-state index contributed by atoms with van der Waals surface area (Å²) < 4.78 is 0. The first-order valence-electron chi connectivity index (χ1n) is 9.54. The maximum absolute atomic E-state index is 13.1. The Morgan fingerprint density at radius 2 is 1.92 bits per heavy atom. The lowest BCUT2D eigenvalue weighted by Gasteiger charge is -2.48. The molecule has 1 aromatic rings. The Balaban J connectivity index is 1.60. The predicted octanol–water partition coefficient (Wildman–Crippen LogP) is 2.43. The van der Waals surface area contributed by atoms with E-state index in [1.807, 2.05) is 19.1 Å². The molecule has 0 aromatic heterocycles. The number of nitrogens with one attached hydrogen (secondary N) is 1. The number of rotatable bonds is 3. The normalized spacial score (nSPS) is 25.9. The van der Waals surface area contributed by atoms with Crippen LogP contribution in [0.15, 0.2) is 24.3 Å². The molecule has 2 heterocycles. The van der Waals surface area contributed by atoms with Crippen LogP contribution >= 0.6 is 0 Å². The second kappa shape index (κ2) is 6.41. The SMILES string of the molecule is CC12CCC(=O)N1c1ccccc1C(=O)N2CC(=O)NC1CCCCC1. The van der Waals surface area contributed by atoms with Crippen LogP contribution in [-0.4, -0.2) is 40.9 Å². The van der Waals surface area contributed by atoms with Gasteiger partial charge in [0, 0.05) is 12.5 Å². The first-order chi connectivity index (χ1) is 12.5. The number of amides is 3. The van der Waals surface area contributed by atoms with Gasteiger partial charge in [-0.25, -0.2) is 0 Å². The number of benzene rings is 1. The highest BCUT2D eigenvalue weighted by atomic mass is 16.2. The van der Waals surface area contributed by atoms with Crippen molar-refractivity contribution in [1.82, 2.24) is 10.2 Å². The fourth-order valence-electron chi connectivity index (χ4n) is 4.61. The molecule has 1 N–H and O–H groups in total. The van der Waals surface area contributed by atoms with Gasteiger partial charge in [0.25, 0.3) is 5.91 Å². The average molecular weight is 355 g/mol. The number of para-hydroxylation sites is 1. The molecule has 3 aliphatic rings. The molecular weight excluding hydrogens is 330 g/mol. The Kier molecular flexibility index (Phi) is 4.21. The summed E-state index contributed by atoms with van der Waals surface area (Å²) in [5.41, 5.74) is 0.379. The van der Waals surface area contributed by atoms with Crippen molar-refractivity contribution < 1.29 is 14.4 Å². The van der Waals surface area contributed by atoms with Gasteiger partial charge in [-0.2, -0.15) is 0 Å². The standard InChI is InChI=1S/C20H25N3O3/c1-20-12-11-18(25)23(20)16-10-6-5-9-15(16)19(26)22(20)13-17(24)21-14-7-3-2-4-8-14/h5-6,9-10,14H,2-4,7-8,11-13H2,1H3,(H,21,24). The molecule has 4 rings (SSSR count). The van der Waals surface area contributed by atoms with Crippen LogP contribution in [0.5, 0.6) is 0 Å². The van der Waals surface area contributed by atoms with Crippen LogP contribution in [0, 0.1) is 0 Å². The van der Waals surface area contributed by atoms with Crippen molar-refractivity contribution in [2.24, 2.45) is 0 Å². The molecule has 1 atom stereocenters. The monoisotopic (exact) mass is 355 g/mol. The Morgan fingerprint density at radius 1 is 1.19 bits per heavy atom. The van der Waals surface area contributed by atoms with Gasteiger partial charge in [0.15, 0.2) is 0 Å². The van der Waals surface area contributed by atoms with Gasteiger partial charge < -0.3 is 10.2 Å². The van der Waals surface area contributed by atoms with Crippen molar-refractivity contribution in [2.75, 3.05) is 11.4 Å². The summed E-state index contributed by atoms with van der Waals surface area (Å²) in [5, 5.41) is 3.08. The van der Waals surface area contributed by atoms with Gasteiger partial charge in [-0.3, -0.25) is 19.3 Å². The fourth-order valence-corrected chi connectivity index (χ4v) is 4.61. The second-order valence-corrected chi connectivity index (χ2v) is 7.76. The quantitative estimate of drug-likeness (QED) is 0.905. The molecule has 0 radical (unpaired) electrons. The molecule has 6 nitrogen and oxygen atoms in total. The number of carbonyl (C=O) groups excluding carboxylic acids is 3. The van der Waals surface area contributed by atoms with E-state index < -0.39 is 5.66 Å². The van der Waals surface area contributed by atoms with Crippen LogP contribution in [0.1, 0.15) is 62.2 Å². The minimum absolute atomic E-state index is 0.00476. The van der Waals surface area contributed by atoms with Crippen molar-refractivity contribution in [2.45, 2.75) is 63.6 Å². The smallest absolute Gasteiger partial charge is 0.258 e. The molecule has 2 aliphatic heterocycles. The number of hydrogen-bond acceptors (Lipinski definition) is 3. The van der Waals surface area contributed by atoms with Crippen molar-refractivity contribution in [3.8, 4) is 0 Å². The van der Waals surface area contributed by atoms with E-state index in [9.17, 15) is 14.4 Å². The number of anilines is 1. The lowest BCUT2D eigenvalue weighted by Crippen LogP contribution is -2.64. The number of fused-ring (bicyclic) bond motifs is 3. The van der Waals surface area contributed by atoms with E-state index in [-0.39, 0.29) is 30.3 Å². The van der Waals surface area contributed by atoms with Crippen LogP contribution in [0.4, 0.5) is 5.69 Å². The molecule has 1 aromatic carbocycles. The molecule has 1 saturated heterocycles. The molecule has 0 spiro atoms. The van der Waals surface area contributed by atoms with E-state index in [0.717, 1.165) is 25.7 Å². The van der Waals surface area contributed by atoms with E-state index >= 15 is 0 Å². The Morgan fingerprint density at radius 3 is 2.69 bits per heavy atom. The van der Waals surface area contributed by atoms with Crippen molar-refractivity contribution in [1.29, 1.82) is 0 Å². The third-order valence-electron chi connectivity index (χ3n) is 6.02. The zero-order valence-electron chi connectivity index (χ0n) is 15.2. The maximum Gasteiger partial charge on any atom is 0.258 e. The highest BCUT2D eigenvalue weighted by Gasteiger charge is 2.53. The van der Waals surface area contributed by atoms with Crippen molar-refractivity contribution in [3.05, 3.63) is 29.8 Å². The molecule has 26 heavy (non-hydrogen) atoms. The first kappa shape index (κ1) is 17.1. The lowest BCUT2D eigenvalue weighted by molar-refractivity contribution is -0.124. The van der Waals surface area contributed by atoms with E-state index in [2.05, 4.69) is 5.32 Å². The Labute approximate surface area is 153 Å². The number of carbonyl (C=O) groups is 3. The van der Waals surface area contributed by atoms with E-state index in [4.69, 9.17) is 0 Å². The van der Waals surface area contributed by atoms with Gasteiger partial charge in [0.1, 0.15) is 12.2 Å². The minimum atomic E-state index is -0.771. The fraction of sp³-hybridized carbons (Fsp3) is 0.550. The van der Waals surface area contributed by atoms with E-state index in [1.165, 1.54) is 6.42 Å². The Hall–Kier alpha value is -2.37. The molecule has 1 saturated carbocycles. The van der Waals surface area contributed by atoms with Crippen molar-refractivity contribution >= 4 is 23.4 Å². The van der Waals surface area contributed by atoms with Crippen LogP contribution in [-0.2, 0) is 9.59 Å². The zero-order chi connectivity index (χ0) is 18.3. The van der Waals surface area contributed by atoms with Crippen LogP contribution in [0.2, 0.25) is 0 Å². The minimum Gasteiger partial charge on any atom is -0.352 e. The van der Waals surface area contributed by atoms with Crippen LogP contribution in [0.3, 0.4) is 0 Å². The highest BCUT2D eigenvalue weighted by molar-refractivity contribution is 6.11. The summed E-state index contributed by atoms with van der Waals surface area (Å²) in [6, 6.07) is 7.38. The molecule has 0 bridgehead atoms. The molecule has 6 heteroatoms. The maximum atomic E-state index is 13.1. The lowest BCUT2D eigenvalue weighted by atomic mass is 9.95. The molecule has 3 amide bonds. The number of hydrogen-bond donors (Lipinski definition) is 1. The van der Waals surface area contributed by atoms with Gasteiger partial charge in [-0.1, -0.05) is 31.4 Å². The molecule has 1 unspecified atom stereocenters. The summed E-state index contributed by atoms with van der Waals surface area (Å²) in [5.74, 6) is -0.303. The summed E-state index contributed by atoms with van der Waals surface area (Å²) in [7, 11) is 0. The highest BCUT2D eigenvalue weighted by Crippen LogP contribution is 2.43. The predicted molar refractivity (Wildman–Crippen MR) is 97.6 cm³/mol. The van der Waals surface area contributed by atoms with Gasteiger partial charge in [0.2, 0.25) is 11.8 Å². The van der Waals surface area contributed by atoms with Crippen molar-refractivity contribution in [3.63, 3.8) is 0 Å². The Bertz CT molecular complexity index is 756. The van der Waals surface area contributed by atoms with E-state index in [0.29, 0.717) is 24.1 Å². The van der Waals surface area contributed by atoms with Gasteiger partial charge >= 0.3 is 0 Å². The van der Waals surface area contributed by atoms with Crippen LogP contribution < -0.4 is 10.2 Å². The van der Waals surface area contributed by atoms with Gasteiger partial charge in [-0.15, -0.1) is 0 Å². The summed E-state index contributed by atoms with van der Waals surface area (Å²) in [6.07, 6.45) is 6.45. The van der Waals surface area contributed by atoms with Gasteiger partial charge in [0.05, 0.1) is 11.3 Å². The summed E-state index contributed by atoms with van der Waals surface area (Å²) >= 11 is 0. The first-order valence-corrected chi connectivity index (χ1v) is 9.54. The summed E-state index contributed by atoms with van der Waals surface area (Å²) in [4.78, 5) is 41.6. The molecule has 138 valence electrons. The second-order valence-electron chi connectivity index (χ2n) is 7.76. The molecular formula is C20H25N3O3.